The Kier molecular flexibility index (Phi) is 4.38. The smallest absolute Gasteiger partial charge is 0.381 e. The predicted octanol–water partition coefficient (Wildman–Crippen LogP) is 5.85. The SMILES string of the molecule is CC1(C)CCCCC1Nc1cc(C(F)(F)F)ccc1Br. The topological polar surface area (TPSA) is 12.0 Å². The quantitative estimate of drug-likeness (QED) is 0.706. The maximum atomic E-state index is 12.8. The monoisotopic (exact) mass is 349 g/mol. The van der Waals surface area contributed by atoms with Gasteiger partial charge in [0.15, 0.2) is 0 Å². The first-order chi connectivity index (χ1) is 9.20. The van der Waals surface area contributed by atoms with Gasteiger partial charge in [-0.15, -0.1) is 0 Å². The number of hydrogen-bond acceptors (Lipinski definition) is 1. The summed E-state index contributed by atoms with van der Waals surface area (Å²) >= 11 is 3.33. The van der Waals surface area contributed by atoms with Gasteiger partial charge in [-0.3, -0.25) is 0 Å². The molecular weight excluding hydrogens is 331 g/mol. The van der Waals surface area contributed by atoms with Crippen molar-refractivity contribution >= 4 is 21.6 Å². The van der Waals surface area contributed by atoms with E-state index in [2.05, 4.69) is 35.1 Å². The van der Waals surface area contributed by atoms with E-state index in [1.165, 1.54) is 18.6 Å². The molecule has 0 bridgehead atoms. The molecule has 0 spiro atoms. The van der Waals surface area contributed by atoms with Crippen LogP contribution in [0.15, 0.2) is 22.7 Å². The van der Waals surface area contributed by atoms with Gasteiger partial charge in [0.25, 0.3) is 0 Å². The van der Waals surface area contributed by atoms with Crippen molar-refractivity contribution in [2.24, 2.45) is 5.41 Å². The molecule has 1 saturated carbocycles. The average molecular weight is 350 g/mol. The minimum Gasteiger partial charge on any atom is -0.381 e. The van der Waals surface area contributed by atoms with Gasteiger partial charge in [-0.1, -0.05) is 26.7 Å². The summed E-state index contributed by atoms with van der Waals surface area (Å²) in [7, 11) is 0. The highest BCUT2D eigenvalue weighted by Crippen LogP contribution is 2.40. The van der Waals surface area contributed by atoms with Crippen LogP contribution in [0.5, 0.6) is 0 Å². The van der Waals surface area contributed by atoms with Crippen LogP contribution in [0, 0.1) is 5.41 Å². The summed E-state index contributed by atoms with van der Waals surface area (Å²) in [6.07, 6.45) is 0.1000. The van der Waals surface area contributed by atoms with Crippen LogP contribution in [0.4, 0.5) is 18.9 Å². The molecule has 1 aromatic rings. The fourth-order valence-corrected chi connectivity index (χ4v) is 3.12. The molecule has 0 saturated heterocycles. The Morgan fingerprint density at radius 3 is 2.55 bits per heavy atom. The second-order valence-corrected chi connectivity index (χ2v) is 6.98. The van der Waals surface area contributed by atoms with Crippen molar-refractivity contribution in [3.05, 3.63) is 28.2 Å². The summed E-state index contributed by atoms with van der Waals surface area (Å²) in [5.41, 5.74) is 0.0166. The molecule has 20 heavy (non-hydrogen) atoms. The van der Waals surface area contributed by atoms with Crippen molar-refractivity contribution in [3.63, 3.8) is 0 Å². The second kappa shape index (κ2) is 5.58. The van der Waals surface area contributed by atoms with Crippen molar-refractivity contribution in [1.29, 1.82) is 0 Å². The molecule has 0 aromatic heterocycles. The van der Waals surface area contributed by atoms with E-state index in [9.17, 15) is 13.2 Å². The van der Waals surface area contributed by atoms with E-state index in [1.54, 1.807) is 0 Å². The molecule has 1 fully saturated rings. The fourth-order valence-electron chi connectivity index (χ4n) is 2.76. The van der Waals surface area contributed by atoms with Crippen LogP contribution in [0.1, 0.15) is 45.1 Å². The Morgan fingerprint density at radius 2 is 1.95 bits per heavy atom. The van der Waals surface area contributed by atoms with E-state index in [-0.39, 0.29) is 11.5 Å². The lowest BCUT2D eigenvalue weighted by Gasteiger charge is -2.40. The number of nitrogens with one attached hydrogen (secondary N) is 1. The lowest BCUT2D eigenvalue weighted by atomic mass is 9.73. The highest BCUT2D eigenvalue weighted by molar-refractivity contribution is 9.10. The summed E-state index contributed by atoms with van der Waals surface area (Å²) in [5, 5.41) is 3.31. The number of benzene rings is 1. The van der Waals surface area contributed by atoms with Crippen LogP contribution < -0.4 is 5.32 Å². The van der Waals surface area contributed by atoms with Crippen LogP contribution in [0.3, 0.4) is 0 Å². The van der Waals surface area contributed by atoms with Crippen molar-refractivity contribution in [1.82, 2.24) is 0 Å². The van der Waals surface area contributed by atoms with Gasteiger partial charge in [-0.2, -0.15) is 13.2 Å². The first-order valence-electron chi connectivity index (χ1n) is 6.83. The number of hydrogen-bond donors (Lipinski definition) is 1. The summed E-state index contributed by atoms with van der Waals surface area (Å²) in [6.45, 7) is 4.34. The molecule has 0 amide bonds. The Labute approximate surface area is 126 Å². The van der Waals surface area contributed by atoms with E-state index in [0.29, 0.717) is 10.2 Å². The van der Waals surface area contributed by atoms with E-state index < -0.39 is 11.7 Å². The van der Waals surface area contributed by atoms with Crippen molar-refractivity contribution in [2.75, 3.05) is 5.32 Å². The van der Waals surface area contributed by atoms with Crippen LogP contribution in [-0.2, 0) is 6.18 Å². The molecule has 112 valence electrons. The normalized spacial score (nSPS) is 22.6. The number of anilines is 1. The van der Waals surface area contributed by atoms with Crippen LogP contribution in [0.25, 0.3) is 0 Å². The average Bonchev–Trinajstić information content (AvgIpc) is 2.32. The molecule has 1 aliphatic rings. The van der Waals surface area contributed by atoms with Gasteiger partial charge in [-0.05, 0) is 52.4 Å². The molecule has 1 aliphatic carbocycles. The number of alkyl halides is 3. The minimum absolute atomic E-state index is 0.103. The molecule has 1 unspecified atom stereocenters. The number of halogens is 4. The molecule has 0 radical (unpaired) electrons. The highest BCUT2D eigenvalue weighted by atomic mass is 79.9. The molecular formula is C15H19BrF3N. The summed E-state index contributed by atoms with van der Waals surface area (Å²) < 4.78 is 39.0. The summed E-state index contributed by atoms with van der Waals surface area (Å²) in [6, 6.07) is 3.95. The Balaban J connectivity index is 2.24. The second-order valence-electron chi connectivity index (χ2n) is 6.12. The lowest BCUT2D eigenvalue weighted by Crippen LogP contribution is -2.39. The van der Waals surface area contributed by atoms with E-state index >= 15 is 0 Å². The van der Waals surface area contributed by atoms with E-state index in [0.717, 1.165) is 25.3 Å². The highest BCUT2D eigenvalue weighted by Gasteiger charge is 2.34. The van der Waals surface area contributed by atoms with Crippen LogP contribution in [0.2, 0.25) is 0 Å². The van der Waals surface area contributed by atoms with Crippen LogP contribution in [-0.4, -0.2) is 6.04 Å². The Hall–Kier alpha value is -0.710. The zero-order chi connectivity index (χ0) is 15.0. The first-order valence-corrected chi connectivity index (χ1v) is 7.63. The van der Waals surface area contributed by atoms with Crippen molar-refractivity contribution in [2.45, 2.75) is 51.7 Å². The third kappa shape index (κ3) is 3.48. The molecule has 5 heteroatoms. The van der Waals surface area contributed by atoms with Gasteiger partial charge in [0.05, 0.1) is 5.56 Å². The Bertz CT molecular complexity index is 482. The van der Waals surface area contributed by atoms with Gasteiger partial charge < -0.3 is 5.32 Å². The van der Waals surface area contributed by atoms with E-state index in [4.69, 9.17) is 0 Å². The molecule has 1 nitrogen and oxygen atoms in total. The zero-order valence-electron chi connectivity index (χ0n) is 11.6. The van der Waals surface area contributed by atoms with E-state index in [1.807, 2.05) is 0 Å². The molecule has 0 heterocycles. The van der Waals surface area contributed by atoms with Gasteiger partial charge in [0.1, 0.15) is 0 Å². The number of rotatable bonds is 2. The first kappa shape index (κ1) is 15.7. The van der Waals surface area contributed by atoms with Gasteiger partial charge in [-0.25, -0.2) is 0 Å². The third-order valence-electron chi connectivity index (χ3n) is 4.13. The lowest BCUT2D eigenvalue weighted by molar-refractivity contribution is -0.137. The van der Waals surface area contributed by atoms with Gasteiger partial charge in [0.2, 0.25) is 0 Å². The molecule has 2 rings (SSSR count). The van der Waals surface area contributed by atoms with Gasteiger partial charge >= 0.3 is 6.18 Å². The molecule has 1 N–H and O–H groups in total. The zero-order valence-corrected chi connectivity index (χ0v) is 13.2. The summed E-state index contributed by atoms with van der Waals surface area (Å²) in [5.74, 6) is 0. The summed E-state index contributed by atoms with van der Waals surface area (Å²) in [4.78, 5) is 0. The molecule has 1 aromatic carbocycles. The third-order valence-corrected chi connectivity index (χ3v) is 4.82. The fraction of sp³-hybridized carbons (Fsp3) is 0.600. The molecule has 1 atom stereocenters. The standard InChI is InChI=1S/C15H19BrF3N/c1-14(2)8-4-3-5-13(14)20-12-9-10(15(17,18)19)6-7-11(12)16/h6-7,9,13,20H,3-5,8H2,1-2H3. The van der Waals surface area contributed by atoms with Crippen molar-refractivity contribution in [3.8, 4) is 0 Å². The van der Waals surface area contributed by atoms with Crippen LogP contribution >= 0.6 is 15.9 Å². The van der Waals surface area contributed by atoms with Crippen molar-refractivity contribution < 1.29 is 13.2 Å². The predicted molar refractivity (Wildman–Crippen MR) is 78.8 cm³/mol. The largest absolute Gasteiger partial charge is 0.416 e. The maximum absolute atomic E-state index is 12.8. The minimum atomic E-state index is -4.31. The Morgan fingerprint density at radius 1 is 1.25 bits per heavy atom. The molecule has 0 aliphatic heterocycles. The maximum Gasteiger partial charge on any atom is 0.416 e. The van der Waals surface area contributed by atoms with Gasteiger partial charge in [0, 0.05) is 16.2 Å².